The van der Waals surface area contributed by atoms with Gasteiger partial charge in [0.15, 0.2) is 0 Å². The predicted octanol–water partition coefficient (Wildman–Crippen LogP) is 4.37. The van der Waals surface area contributed by atoms with Crippen LogP contribution >= 0.6 is 0 Å². The van der Waals surface area contributed by atoms with Gasteiger partial charge < -0.3 is 10.1 Å². The summed E-state index contributed by atoms with van der Waals surface area (Å²) in [5, 5.41) is 2.90. The summed E-state index contributed by atoms with van der Waals surface area (Å²) in [6, 6.07) is 22.2. The van der Waals surface area contributed by atoms with Crippen LogP contribution in [0.15, 0.2) is 72.8 Å². The van der Waals surface area contributed by atoms with E-state index in [1.165, 1.54) is 0 Å². The summed E-state index contributed by atoms with van der Waals surface area (Å²) in [6.07, 6.45) is 0. The van der Waals surface area contributed by atoms with Crippen molar-refractivity contribution in [1.29, 1.82) is 0 Å². The van der Waals surface area contributed by atoms with E-state index in [1.54, 1.807) is 32.2 Å². The van der Waals surface area contributed by atoms with Gasteiger partial charge in [-0.15, -0.1) is 0 Å². The first-order valence-corrected chi connectivity index (χ1v) is 11.5. The lowest BCUT2D eigenvalue weighted by molar-refractivity contribution is -0.110. The molecule has 0 unspecified atom stereocenters. The van der Waals surface area contributed by atoms with Gasteiger partial charge in [-0.25, -0.2) is 8.42 Å². The summed E-state index contributed by atoms with van der Waals surface area (Å²) >= 11 is 0. The van der Waals surface area contributed by atoms with Crippen molar-refractivity contribution < 1.29 is 17.9 Å². The highest BCUT2D eigenvalue weighted by Gasteiger charge is 2.29. The number of hydrogen-bond donors (Lipinski definition) is 2. The summed E-state index contributed by atoms with van der Waals surface area (Å²) in [7, 11) is -1.84. The second-order valence-corrected chi connectivity index (χ2v) is 9.08. The van der Waals surface area contributed by atoms with Crippen LogP contribution in [-0.2, 0) is 14.8 Å². The number of rotatable bonds is 6. The lowest BCUT2D eigenvalue weighted by atomic mass is 9.90. The standard InChI is InChI=1S/C24H22N2O4S/c1-3-31(28,29)26-18-11-14-21-20(15-18)23(24(27)25-21)22(16-7-5-4-6-8-16)17-9-12-19(30-2)13-10-17/h4-15,26H,3H2,1-2H3,(H,25,27). The molecule has 7 heteroatoms. The van der Waals surface area contributed by atoms with Crippen molar-refractivity contribution in [3.8, 4) is 5.75 Å². The highest BCUT2D eigenvalue weighted by atomic mass is 32.2. The van der Waals surface area contributed by atoms with Crippen molar-refractivity contribution in [3.05, 3.63) is 89.5 Å². The molecule has 0 aliphatic carbocycles. The number of anilines is 2. The molecule has 4 rings (SSSR count). The first kappa shape index (κ1) is 20.7. The van der Waals surface area contributed by atoms with Crippen LogP contribution in [0.5, 0.6) is 5.75 Å². The van der Waals surface area contributed by atoms with Gasteiger partial charge in [0.1, 0.15) is 5.75 Å². The Bertz CT molecular complexity index is 1260. The first-order valence-electron chi connectivity index (χ1n) is 9.82. The zero-order valence-corrected chi connectivity index (χ0v) is 18.0. The van der Waals surface area contributed by atoms with Crippen LogP contribution in [0.1, 0.15) is 23.6 Å². The molecule has 0 saturated heterocycles. The minimum absolute atomic E-state index is 0.0366. The van der Waals surface area contributed by atoms with Gasteiger partial charge in [0.05, 0.1) is 18.4 Å². The van der Waals surface area contributed by atoms with Crippen LogP contribution in [0.3, 0.4) is 0 Å². The lowest BCUT2D eigenvalue weighted by Gasteiger charge is -2.14. The number of sulfonamides is 1. The van der Waals surface area contributed by atoms with Gasteiger partial charge in [-0.1, -0.05) is 42.5 Å². The van der Waals surface area contributed by atoms with Crippen LogP contribution in [0.4, 0.5) is 11.4 Å². The fourth-order valence-electron chi connectivity index (χ4n) is 3.55. The molecule has 3 aromatic carbocycles. The summed E-state index contributed by atoms with van der Waals surface area (Å²) in [4.78, 5) is 13.1. The average Bonchev–Trinajstić information content (AvgIpc) is 3.10. The number of hydrogen-bond acceptors (Lipinski definition) is 4. The largest absolute Gasteiger partial charge is 0.497 e. The number of carbonyl (C=O) groups excluding carboxylic acids is 1. The Morgan fingerprint density at radius 3 is 2.29 bits per heavy atom. The molecule has 0 atom stereocenters. The molecule has 0 fully saturated rings. The fourth-order valence-corrected chi connectivity index (χ4v) is 4.18. The molecule has 1 heterocycles. The van der Waals surface area contributed by atoms with E-state index in [1.807, 2.05) is 54.6 Å². The van der Waals surface area contributed by atoms with Crippen molar-refractivity contribution >= 4 is 38.5 Å². The first-order chi connectivity index (χ1) is 14.9. The molecule has 3 aromatic rings. The van der Waals surface area contributed by atoms with Gasteiger partial charge in [0, 0.05) is 22.5 Å². The maximum atomic E-state index is 13.1. The highest BCUT2D eigenvalue weighted by molar-refractivity contribution is 7.92. The maximum Gasteiger partial charge on any atom is 0.257 e. The zero-order valence-electron chi connectivity index (χ0n) is 17.2. The van der Waals surface area contributed by atoms with Crippen molar-refractivity contribution in [2.45, 2.75) is 6.92 Å². The Kier molecular flexibility index (Phi) is 5.52. The van der Waals surface area contributed by atoms with E-state index in [2.05, 4.69) is 10.0 Å². The van der Waals surface area contributed by atoms with Gasteiger partial charge in [0.2, 0.25) is 10.0 Å². The molecular weight excluding hydrogens is 412 g/mol. The Morgan fingerprint density at radius 2 is 1.65 bits per heavy atom. The van der Waals surface area contributed by atoms with E-state index in [9.17, 15) is 13.2 Å². The minimum atomic E-state index is -3.44. The van der Waals surface area contributed by atoms with Gasteiger partial charge >= 0.3 is 0 Å². The monoisotopic (exact) mass is 434 g/mol. The van der Waals surface area contributed by atoms with Crippen molar-refractivity contribution in [1.82, 2.24) is 0 Å². The molecule has 1 aliphatic heterocycles. The van der Waals surface area contributed by atoms with Crippen LogP contribution in [-0.4, -0.2) is 27.2 Å². The number of benzene rings is 3. The van der Waals surface area contributed by atoms with E-state index in [4.69, 9.17) is 4.74 Å². The summed E-state index contributed by atoms with van der Waals surface area (Å²) in [5.41, 5.74) is 4.68. The van der Waals surface area contributed by atoms with E-state index < -0.39 is 10.0 Å². The summed E-state index contributed by atoms with van der Waals surface area (Å²) < 4.78 is 31.9. The van der Waals surface area contributed by atoms with Crippen LogP contribution < -0.4 is 14.8 Å². The topological polar surface area (TPSA) is 84.5 Å². The molecule has 2 N–H and O–H groups in total. The predicted molar refractivity (Wildman–Crippen MR) is 124 cm³/mol. The molecule has 1 amide bonds. The Hall–Kier alpha value is -3.58. The molecular formula is C24H22N2O4S. The van der Waals surface area contributed by atoms with E-state index in [-0.39, 0.29) is 11.7 Å². The number of amides is 1. The molecule has 158 valence electrons. The van der Waals surface area contributed by atoms with Crippen molar-refractivity contribution in [3.63, 3.8) is 0 Å². The quantitative estimate of drug-likeness (QED) is 0.565. The van der Waals surface area contributed by atoms with Crippen LogP contribution in [0, 0.1) is 0 Å². The third-order valence-electron chi connectivity index (χ3n) is 5.11. The normalized spacial score (nSPS) is 14.6. The molecule has 0 bridgehead atoms. The van der Waals surface area contributed by atoms with Crippen LogP contribution in [0.25, 0.3) is 11.1 Å². The van der Waals surface area contributed by atoms with E-state index >= 15 is 0 Å². The van der Waals surface area contributed by atoms with E-state index in [0.717, 1.165) is 16.7 Å². The average molecular weight is 435 g/mol. The molecule has 0 spiro atoms. The highest BCUT2D eigenvalue weighted by Crippen LogP contribution is 2.41. The second-order valence-electron chi connectivity index (χ2n) is 7.06. The van der Waals surface area contributed by atoms with E-state index in [0.29, 0.717) is 28.3 Å². The third-order valence-corrected chi connectivity index (χ3v) is 6.42. The minimum Gasteiger partial charge on any atom is -0.497 e. The second kappa shape index (κ2) is 8.28. The zero-order chi connectivity index (χ0) is 22.0. The summed E-state index contributed by atoms with van der Waals surface area (Å²) in [5.74, 6) is 0.444. The number of nitrogens with one attached hydrogen (secondary N) is 2. The Labute approximate surface area is 181 Å². The Morgan fingerprint density at radius 1 is 0.968 bits per heavy atom. The molecule has 6 nitrogen and oxygen atoms in total. The van der Waals surface area contributed by atoms with Gasteiger partial charge in [-0.2, -0.15) is 0 Å². The smallest absolute Gasteiger partial charge is 0.257 e. The number of fused-ring (bicyclic) bond motifs is 1. The van der Waals surface area contributed by atoms with Crippen molar-refractivity contribution in [2.24, 2.45) is 0 Å². The number of carbonyl (C=O) groups is 1. The molecule has 1 aliphatic rings. The molecule has 0 radical (unpaired) electrons. The molecule has 0 aromatic heterocycles. The molecule has 0 saturated carbocycles. The SMILES string of the molecule is CCS(=O)(=O)Nc1ccc2c(c1)C(=C(c1ccccc1)c1ccc(OC)cc1)C(=O)N2. The van der Waals surface area contributed by atoms with Crippen LogP contribution in [0.2, 0.25) is 0 Å². The fraction of sp³-hybridized carbons (Fsp3) is 0.125. The summed E-state index contributed by atoms with van der Waals surface area (Å²) in [6.45, 7) is 1.57. The number of methoxy groups -OCH3 is 1. The van der Waals surface area contributed by atoms with Gasteiger partial charge in [-0.3, -0.25) is 9.52 Å². The van der Waals surface area contributed by atoms with Crippen molar-refractivity contribution in [2.75, 3.05) is 22.9 Å². The Balaban J connectivity index is 1.94. The number of ether oxygens (including phenoxy) is 1. The lowest BCUT2D eigenvalue weighted by Crippen LogP contribution is -2.14. The van der Waals surface area contributed by atoms with Gasteiger partial charge in [0.25, 0.3) is 5.91 Å². The maximum absolute atomic E-state index is 13.1. The third kappa shape index (κ3) is 4.18. The molecule has 31 heavy (non-hydrogen) atoms. The van der Waals surface area contributed by atoms with Gasteiger partial charge in [-0.05, 0) is 48.4 Å².